The molecule has 0 bridgehead atoms. The normalized spacial score (nSPS) is 23.2. The Morgan fingerprint density at radius 1 is 1.52 bits per heavy atom. The smallest absolute Gasteiger partial charge is 0.464 e. The lowest BCUT2D eigenvalue weighted by Crippen LogP contribution is -2.44. The van der Waals surface area contributed by atoms with Crippen molar-refractivity contribution in [3.8, 4) is 0 Å². The van der Waals surface area contributed by atoms with Gasteiger partial charge in [-0.1, -0.05) is 16.9 Å². The molecule has 0 N–H and O–H groups in total. The summed E-state index contributed by atoms with van der Waals surface area (Å²) in [6, 6.07) is 0.250. The fourth-order valence-corrected chi connectivity index (χ4v) is 3.45. The molecule has 1 fully saturated rings. The molecule has 0 aliphatic carbocycles. The van der Waals surface area contributed by atoms with Crippen LogP contribution in [0.4, 0.5) is 4.79 Å². The summed E-state index contributed by atoms with van der Waals surface area (Å²) in [4.78, 5) is 27.1. The van der Waals surface area contributed by atoms with Crippen LogP contribution in [0.5, 0.6) is 0 Å². The van der Waals surface area contributed by atoms with Crippen LogP contribution >= 0.6 is 21.6 Å². The molecule has 0 spiro atoms. The monoisotopic (exact) mass is 331 g/mol. The molecule has 2 heterocycles. The molecule has 0 aromatic carbocycles. The summed E-state index contributed by atoms with van der Waals surface area (Å²) in [7, 11) is 3.15. The average molecular weight is 331 g/mol. The van der Waals surface area contributed by atoms with E-state index in [1.807, 2.05) is 19.1 Å². The predicted octanol–water partition coefficient (Wildman–Crippen LogP) is 2.44. The van der Waals surface area contributed by atoms with E-state index < -0.39 is 17.5 Å². The Kier molecular flexibility index (Phi) is 5.58. The van der Waals surface area contributed by atoms with E-state index in [4.69, 9.17) is 14.2 Å². The SMILES string of the molecule is CC1C=CC(SSCCOC(=O)C2(C)COC(=O)OC2)=N1. The van der Waals surface area contributed by atoms with Crippen LogP contribution in [0, 0.1) is 5.41 Å². The zero-order valence-corrected chi connectivity index (χ0v) is 13.5. The largest absolute Gasteiger partial charge is 0.508 e. The van der Waals surface area contributed by atoms with E-state index in [1.165, 1.54) is 0 Å². The van der Waals surface area contributed by atoms with Crippen molar-refractivity contribution in [3.05, 3.63) is 12.2 Å². The highest BCUT2D eigenvalue weighted by molar-refractivity contribution is 8.82. The number of carbonyl (C=O) groups excluding carboxylic acids is 2. The van der Waals surface area contributed by atoms with Gasteiger partial charge in [0.25, 0.3) is 0 Å². The summed E-state index contributed by atoms with van der Waals surface area (Å²) < 4.78 is 14.7. The van der Waals surface area contributed by atoms with Gasteiger partial charge in [-0.05, 0) is 30.7 Å². The van der Waals surface area contributed by atoms with E-state index in [0.717, 1.165) is 5.04 Å². The second kappa shape index (κ2) is 7.22. The van der Waals surface area contributed by atoms with Crippen molar-refractivity contribution in [2.24, 2.45) is 10.4 Å². The van der Waals surface area contributed by atoms with E-state index in [0.29, 0.717) is 12.4 Å². The summed E-state index contributed by atoms with van der Waals surface area (Å²) in [5, 5.41) is 0.985. The van der Waals surface area contributed by atoms with Gasteiger partial charge >= 0.3 is 12.1 Å². The molecule has 8 heteroatoms. The van der Waals surface area contributed by atoms with Crippen molar-refractivity contribution in [1.29, 1.82) is 0 Å². The number of hydrogen-bond acceptors (Lipinski definition) is 8. The van der Waals surface area contributed by atoms with Gasteiger partial charge in [0.1, 0.15) is 30.3 Å². The number of hydrogen-bond donors (Lipinski definition) is 0. The highest BCUT2D eigenvalue weighted by atomic mass is 33.1. The van der Waals surface area contributed by atoms with Crippen molar-refractivity contribution >= 4 is 38.8 Å². The Balaban J connectivity index is 1.62. The van der Waals surface area contributed by atoms with Gasteiger partial charge in [-0.2, -0.15) is 0 Å². The lowest BCUT2D eigenvalue weighted by atomic mass is 9.93. The van der Waals surface area contributed by atoms with Gasteiger partial charge in [0.2, 0.25) is 0 Å². The van der Waals surface area contributed by atoms with Crippen LogP contribution in [0.3, 0.4) is 0 Å². The highest BCUT2D eigenvalue weighted by Crippen LogP contribution is 2.27. The summed E-state index contributed by atoms with van der Waals surface area (Å²) in [6.07, 6.45) is 3.28. The van der Waals surface area contributed by atoms with Crippen molar-refractivity contribution in [2.45, 2.75) is 19.9 Å². The zero-order valence-electron chi connectivity index (χ0n) is 11.9. The lowest BCUT2D eigenvalue weighted by Gasteiger charge is -2.29. The molecule has 1 unspecified atom stereocenters. The zero-order chi connectivity index (χ0) is 15.3. The molecule has 0 aromatic heterocycles. The van der Waals surface area contributed by atoms with Crippen molar-refractivity contribution in [3.63, 3.8) is 0 Å². The van der Waals surface area contributed by atoms with Crippen LogP contribution in [0.1, 0.15) is 13.8 Å². The van der Waals surface area contributed by atoms with Crippen LogP contribution < -0.4 is 0 Å². The van der Waals surface area contributed by atoms with Crippen LogP contribution in [0.25, 0.3) is 0 Å². The fraction of sp³-hybridized carbons (Fsp3) is 0.615. The first-order chi connectivity index (χ1) is 9.99. The Bertz CT molecular complexity index is 467. The molecular formula is C13H17NO5S2. The third-order valence-corrected chi connectivity index (χ3v) is 5.13. The quantitative estimate of drug-likeness (QED) is 0.435. The topological polar surface area (TPSA) is 74.2 Å². The second-order valence-corrected chi connectivity index (χ2v) is 7.43. The minimum absolute atomic E-state index is 0.00789. The van der Waals surface area contributed by atoms with Crippen molar-refractivity contribution < 1.29 is 23.8 Å². The number of ether oxygens (including phenoxy) is 3. The summed E-state index contributed by atoms with van der Waals surface area (Å²) in [5.41, 5.74) is -0.917. The van der Waals surface area contributed by atoms with Gasteiger partial charge in [-0.3, -0.25) is 9.79 Å². The van der Waals surface area contributed by atoms with E-state index in [-0.39, 0.29) is 19.3 Å². The summed E-state index contributed by atoms with van der Waals surface area (Å²) in [6.45, 7) is 3.96. The molecule has 0 radical (unpaired) electrons. The fourth-order valence-electron chi connectivity index (χ4n) is 1.64. The Labute approximate surface area is 131 Å². The maximum atomic E-state index is 11.9. The van der Waals surface area contributed by atoms with Gasteiger partial charge in [-0.25, -0.2) is 4.79 Å². The van der Waals surface area contributed by atoms with Crippen LogP contribution in [-0.2, 0) is 19.0 Å². The summed E-state index contributed by atoms with van der Waals surface area (Å²) in [5.74, 6) is 0.251. The van der Waals surface area contributed by atoms with Crippen LogP contribution in [0.15, 0.2) is 17.1 Å². The molecule has 0 amide bonds. The number of carbonyl (C=O) groups is 2. The van der Waals surface area contributed by atoms with Gasteiger partial charge < -0.3 is 14.2 Å². The number of esters is 1. The summed E-state index contributed by atoms with van der Waals surface area (Å²) >= 11 is 0. The van der Waals surface area contributed by atoms with E-state index >= 15 is 0 Å². The highest BCUT2D eigenvalue weighted by Gasteiger charge is 2.41. The molecule has 116 valence electrons. The minimum Gasteiger partial charge on any atom is -0.464 e. The van der Waals surface area contributed by atoms with Crippen LogP contribution in [-0.4, -0.2) is 48.8 Å². The van der Waals surface area contributed by atoms with Crippen LogP contribution in [0.2, 0.25) is 0 Å². The standard InChI is InChI=1S/C13H17NO5S2/c1-9-3-4-10(14-9)21-20-6-5-17-11(15)13(2)7-18-12(16)19-8-13/h3-4,9H,5-8H2,1-2H3. The molecule has 2 rings (SSSR count). The van der Waals surface area contributed by atoms with E-state index in [9.17, 15) is 9.59 Å². The molecule has 6 nitrogen and oxygen atoms in total. The molecule has 2 aliphatic heterocycles. The van der Waals surface area contributed by atoms with Gasteiger partial charge in [0.05, 0.1) is 6.04 Å². The number of nitrogens with zero attached hydrogens (tertiary/aromatic N) is 1. The average Bonchev–Trinajstić information content (AvgIpc) is 2.87. The Morgan fingerprint density at radius 3 is 2.86 bits per heavy atom. The minimum atomic E-state index is -0.917. The Hall–Kier alpha value is -1.15. The van der Waals surface area contributed by atoms with Gasteiger partial charge in [-0.15, -0.1) is 0 Å². The number of cyclic esters (lactones) is 2. The van der Waals surface area contributed by atoms with E-state index in [2.05, 4.69) is 4.99 Å². The maximum Gasteiger partial charge on any atom is 0.508 e. The molecule has 1 atom stereocenters. The molecule has 1 saturated heterocycles. The first-order valence-electron chi connectivity index (χ1n) is 6.52. The first-order valence-corrected chi connectivity index (χ1v) is 8.84. The van der Waals surface area contributed by atoms with Gasteiger partial charge in [0, 0.05) is 5.75 Å². The number of rotatable bonds is 5. The van der Waals surface area contributed by atoms with Gasteiger partial charge in [0.15, 0.2) is 0 Å². The molecule has 0 saturated carbocycles. The second-order valence-electron chi connectivity index (χ2n) is 5.00. The third kappa shape index (κ3) is 4.67. The van der Waals surface area contributed by atoms with E-state index in [1.54, 1.807) is 28.5 Å². The van der Waals surface area contributed by atoms with Crippen molar-refractivity contribution in [1.82, 2.24) is 0 Å². The molecular weight excluding hydrogens is 314 g/mol. The number of aliphatic imine (C=N–C) groups is 1. The first kappa shape index (κ1) is 16.2. The van der Waals surface area contributed by atoms with Crippen molar-refractivity contribution in [2.75, 3.05) is 25.6 Å². The molecule has 2 aliphatic rings. The molecule has 21 heavy (non-hydrogen) atoms. The third-order valence-electron chi connectivity index (χ3n) is 2.90. The molecule has 0 aromatic rings. The Morgan fingerprint density at radius 2 is 2.24 bits per heavy atom. The predicted molar refractivity (Wildman–Crippen MR) is 82.5 cm³/mol. The lowest BCUT2D eigenvalue weighted by molar-refractivity contribution is -0.165. The maximum absolute atomic E-state index is 11.9.